The molecule has 2 heterocycles. The molecule has 1 aliphatic rings. The molecule has 1 saturated heterocycles. The highest BCUT2D eigenvalue weighted by Crippen LogP contribution is 2.14. The Balaban J connectivity index is 1.96. The summed E-state index contributed by atoms with van der Waals surface area (Å²) in [6.45, 7) is 1.79. The number of carbonyl (C=O) groups excluding carboxylic acids is 1. The minimum absolute atomic E-state index is 0.0218. The molecule has 0 spiro atoms. The summed E-state index contributed by atoms with van der Waals surface area (Å²) >= 11 is 0. The molecule has 9 heteroatoms. The van der Waals surface area contributed by atoms with Crippen LogP contribution in [0.2, 0.25) is 0 Å². The summed E-state index contributed by atoms with van der Waals surface area (Å²) in [6, 6.07) is 0. The Kier molecular flexibility index (Phi) is 4.41. The number of aromatic amines is 1. The highest BCUT2D eigenvalue weighted by molar-refractivity contribution is 7.89. The molecule has 8 nitrogen and oxygen atoms in total. The van der Waals surface area contributed by atoms with Crippen molar-refractivity contribution in [1.29, 1.82) is 0 Å². The maximum Gasteiger partial charge on any atom is 0.260 e. The van der Waals surface area contributed by atoms with Crippen molar-refractivity contribution >= 4 is 15.9 Å². The maximum atomic E-state index is 12.2. The van der Waals surface area contributed by atoms with Gasteiger partial charge in [-0.1, -0.05) is 0 Å². The highest BCUT2D eigenvalue weighted by Gasteiger charge is 2.30. The Hall–Kier alpha value is -1.45. The normalized spacial score (nSPS) is 17.6. The second kappa shape index (κ2) is 5.90. The topological polar surface area (TPSA) is 89.6 Å². The van der Waals surface area contributed by atoms with Crippen LogP contribution in [0.5, 0.6) is 0 Å². The molecule has 0 aliphatic carbocycles. The fourth-order valence-electron chi connectivity index (χ4n) is 2.07. The van der Waals surface area contributed by atoms with E-state index < -0.39 is 10.0 Å². The zero-order valence-electron chi connectivity index (χ0n) is 11.6. The molecular weight excluding hydrogens is 282 g/mol. The van der Waals surface area contributed by atoms with Gasteiger partial charge >= 0.3 is 0 Å². The van der Waals surface area contributed by atoms with Crippen molar-refractivity contribution in [2.75, 3.05) is 46.8 Å². The van der Waals surface area contributed by atoms with E-state index >= 15 is 0 Å². The summed E-state index contributed by atoms with van der Waals surface area (Å²) in [6.07, 6.45) is 2.63. The molecule has 1 aromatic rings. The molecule has 0 aromatic carbocycles. The van der Waals surface area contributed by atoms with Gasteiger partial charge in [0.2, 0.25) is 5.91 Å². The number of nitrogens with zero attached hydrogens (tertiary/aromatic N) is 4. The van der Waals surface area contributed by atoms with Crippen LogP contribution in [0.3, 0.4) is 0 Å². The van der Waals surface area contributed by atoms with Crippen LogP contribution in [0.25, 0.3) is 0 Å². The van der Waals surface area contributed by atoms with Crippen molar-refractivity contribution in [1.82, 2.24) is 24.1 Å². The van der Waals surface area contributed by atoms with Gasteiger partial charge in [-0.05, 0) is 14.1 Å². The monoisotopic (exact) mass is 301 g/mol. The summed E-state index contributed by atoms with van der Waals surface area (Å²) in [5.41, 5.74) is 0. The van der Waals surface area contributed by atoms with Crippen LogP contribution in [0.4, 0.5) is 0 Å². The number of rotatable bonds is 4. The van der Waals surface area contributed by atoms with Gasteiger partial charge in [0.05, 0.1) is 19.1 Å². The number of H-pyrrole nitrogens is 1. The molecule has 20 heavy (non-hydrogen) atoms. The average molecular weight is 301 g/mol. The van der Waals surface area contributed by atoms with Crippen LogP contribution >= 0.6 is 0 Å². The first-order chi connectivity index (χ1) is 9.41. The Morgan fingerprint density at radius 1 is 1.35 bits per heavy atom. The van der Waals surface area contributed by atoms with Gasteiger partial charge in [-0.3, -0.25) is 4.79 Å². The third kappa shape index (κ3) is 3.17. The SMILES string of the molecule is CN(C)CC(=O)N1CCN(S(=O)(=O)c2cnc[nH]2)CC1. The van der Waals surface area contributed by atoms with E-state index in [1.165, 1.54) is 16.8 Å². The molecule has 1 amide bonds. The average Bonchev–Trinajstić information content (AvgIpc) is 2.92. The number of amides is 1. The second-order valence-corrected chi connectivity index (χ2v) is 6.84. The van der Waals surface area contributed by atoms with Gasteiger partial charge in [0.25, 0.3) is 10.0 Å². The number of hydrogen-bond acceptors (Lipinski definition) is 5. The highest BCUT2D eigenvalue weighted by atomic mass is 32.2. The second-order valence-electron chi connectivity index (χ2n) is 4.94. The number of sulfonamides is 1. The summed E-state index contributed by atoms with van der Waals surface area (Å²) in [5, 5.41) is 0.0885. The van der Waals surface area contributed by atoms with Crippen molar-refractivity contribution in [2.45, 2.75) is 5.03 Å². The zero-order valence-corrected chi connectivity index (χ0v) is 12.4. The Bertz CT molecular complexity index is 547. The van der Waals surface area contributed by atoms with Gasteiger partial charge in [-0.15, -0.1) is 0 Å². The molecule has 1 aliphatic heterocycles. The van der Waals surface area contributed by atoms with Crippen molar-refractivity contribution < 1.29 is 13.2 Å². The van der Waals surface area contributed by atoms with E-state index in [9.17, 15) is 13.2 Å². The minimum atomic E-state index is -3.52. The largest absolute Gasteiger partial charge is 0.339 e. The number of carbonyl (C=O) groups is 1. The lowest BCUT2D eigenvalue weighted by Crippen LogP contribution is -2.52. The van der Waals surface area contributed by atoms with Crippen molar-refractivity contribution in [3.05, 3.63) is 12.5 Å². The molecule has 0 atom stereocenters. The van der Waals surface area contributed by atoms with Crippen LogP contribution < -0.4 is 0 Å². The lowest BCUT2D eigenvalue weighted by atomic mass is 10.3. The Labute approximate surface area is 118 Å². The summed E-state index contributed by atoms with van der Waals surface area (Å²) in [7, 11) is 0.136. The van der Waals surface area contributed by atoms with Crippen molar-refractivity contribution in [2.24, 2.45) is 0 Å². The Morgan fingerprint density at radius 3 is 2.50 bits per heavy atom. The molecule has 112 valence electrons. The molecule has 0 radical (unpaired) electrons. The van der Waals surface area contributed by atoms with Crippen LogP contribution in [-0.2, 0) is 14.8 Å². The third-order valence-electron chi connectivity index (χ3n) is 3.13. The van der Waals surface area contributed by atoms with Gasteiger partial charge in [-0.25, -0.2) is 13.4 Å². The van der Waals surface area contributed by atoms with Crippen LogP contribution in [0, 0.1) is 0 Å². The van der Waals surface area contributed by atoms with E-state index in [1.807, 2.05) is 14.1 Å². The standard InChI is InChI=1S/C11H19N5O3S/c1-14(2)8-11(17)15-3-5-16(6-4-15)20(18,19)10-7-12-9-13-10/h7,9H,3-6,8H2,1-2H3,(H,12,13). The predicted octanol–water partition coefficient (Wildman–Crippen LogP) is -1.20. The lowest BCUT2D eigenvalue weighted by Gasteiger charge is -2.34. The number of nitrogens with one attached hydrogen (secondary N) is 1. The lowest BCUT2D eigenvalue weighted by molar-refractivity contribution is -0.133. The zero-order chi connectivity index (χ0) is 14.8. The molecule has 1 aromatic heterocycles. The fourth-order valence-corrected chi connectivity index (χ4v) is 3.39. The number of aromatic nitrogens is 2. The number of hydrogen-bond donors (Lipinski definition) is 1. The first-order valence-corrected chi connectivity index (χ1v) is 7.76. The van der Waals surface area contributed by atoms with Crippen LogP contribution in [0.15, 0.2) is 17.6 Å². The maximum absolute atomic E-state index is 12.2. The first kappa shape index (κ1) is 14.9. The van der Waals surface area contributed by atoms with E-state index in [4.69, 9.17) is 0 Å². The molecule has 0 bridgehead atoms. The van der Waals surface area contributed by atoms with Gasteiger partial charge < -0.3 is 14.8 Å². The fraction of sp³-hybridized carbons (Fsp3) is 0.636. The summed E-state index contributed by atoms with van der Waals surface area (Å²) < 4.78 is 25.9. The number of piperazine rings is 1. The van der Waals surface area contributed by atoms with Crippen molar-refractivity contribution in [3.8, 4) is 0 Å². The third-order valence-corrected chi connectivity index (χ3v) is 4.96. The van der Waals surface area contributed by atoms with Crippen LogP contribution in [-0.4, -0.2) is 85.2 Å². The van der Waals surface area contributed by atoms with E-state index in [0.717, 1.165) is 0 Å². The summed E-state index contributed by atoms with van der Waals surface area (Å²) in [5.74, 6) is 0.0218. The quantitative estimate of drug-likeness (QED) is 0.755. The van der Waals surface area contributed by atoms with Crippen LogP contribution in [0.1, 0.15) is 0 Å². The molecule has 0 unspecified atom stereocenters. The van der Waals surface area contributed by atoms with Crippen molar-refractivity contribution in [3.63, 3.8) is 0 Å². The minimum Gasteiger partial charge on any atom is -0.339 e. The molecule has 2 rings (SSSR count). The predicted molar refractivity (Wildman–Crippen MR) is 72.5 cm³/mol. The van der Waals surface area contributed by atoms with E-state index in [0.29, 0.717) is 32.7 Å². The van der Waals surface area contributed by atoms with E-state index in [1.54, 1.807) is 9.80 Å². The van der Waals surface area contributed by atoms with Gasteiger partial charge in [0, 0.05) is 26.2 Å². The van der Waals surface area contributed by atoms with E-state index in [-0.39, 0.29) is 10.9 Å². The number of likely N-dealkylation sites (N-methyl/N-ethyl adjacent to an activating group) is 1. The first-order valence-electron chi connectivity index (χ1n) is 6.32. The Morgan fingerprint density at radius 2 is 2.00 bits per heavy atom. The molecule has 0 saturated carbocycles. The molecular formula is C11H19N5O3S. The van der Waals surface area contributed by atoms with Gasteiger partial charge in [0.15, 0.2) is 5.03 Å². The smallest absolute Gasteiger partial charge is 0.260 e. The van der Waals surface area contributed by atoms with Gasteiger partial charge in [0.1, 0.15) is 0 Å². The van der Waals surface area contributed by atoms with E-state index in [2.05, 4.69) is 9.97 Å². The number of imidazole rings is 1. The molecule has 1 fully saturated rings. The molecule has 1 N–H and O–H groups in total. The van der Waals surface area contributed by atoms with Gasteiger partial charge in [-0.2, -0.15) is 4.31 Å². The summed E-state index contributed by atoms with van der Waals surface area (Å²) in [4.78, 5) is 21.7.